The second-order valence-electron chi connectivity index (χ2n) is 5.58. The van der Waals surface area contributed by atoms with Gasteiger partial charge >= 0.3 is 0 Å². The fourth-order valence-electron chi connectivity index (χ4n) is 2.35. The Bertz CT molecular complexity index is 955. The van der Waals surface area contributed by atoms with Crippen molar-refractivity contribution < 1.29 is 14.6 Å². The second kappa shape index (κ2) is 7.40. The number of hydrogen-bond acceptors (Lipinski definition) is 7. The molecule has 0 radical (unpaired) electrons. The standard InChI is InChI=1S/C18H18N4O3S/c1-10-7-8-12(23)11(2)16(10)22-17(24)13-9-19-18(26-13)21-14-5-4-6-15(20-14)25-3/h4-9,23H,1-3H3,(H,22,24)(H,19,20,21). The molecule has 3 N–H and O–H groups in total. The highest BCUT2D eigenvalue weighted by molar-refractivity contribution is 7.17. The summed E-state index contributed by atoms with van der Waals surface area (Å²) in [6.45, 7) is 3.63. The van der Waals surface area contributed by atoms with Crippen molar-refractivity contribution in [3.63, 3.8) is 0 Å². The molecule has 2 heterocycles. The number of nitrogens with one attached hydrogen (secondary N) is 2. The number of rotatable bonds is 5. The Kier molecular flexibility index (Phi) is 5.04. The van der Waals surface area contributed by atoms with Gasteiger partial charge in [0.15, 0.2) is 5.13 Å². The highest BCUT2D eigenvalue weighted by atomic mass is 32.1. The third kappa shape index (κ3) is 3.75. The molecule has 0 aliphatic carbocycles. The van der Waals surface area contributed by atoms with E-state index in [1.54, 1.807) is 38.3 Å². The van der Waals surface area contributed by atoms with Crippen LogP contribution in [-0.2, 0) is 0 Å². The van der Waals surface area contributed by atoms with Gasteiger partial charge in [-0.3, -0.25) is 4.79 Å². The molecule has 134 valence electrons. The molecule has 0 saturated carbocycles. The molecule has 0 aliphatic rings. The van der Waals surface area contributed by atoms with Crippen LogP contribution in [0.25, 0.3) is 0 Å². The van der Waals surface area contributed by atoms with Crippen LogP contribution in [0, 0.1) is 13.8 Å². The lowest BCUT2D eigenvalue weighted by molar-refractivity contribution is 0.103. The summed E-state index contributed by atoms with van der Waals surface area (Å²) in [6, 6.07) is 8.69. The van der Waals surface area contributed by atoms with E-state index in [4.69, 9.17) is 4.74 Å². The van der Waals surface area contributed by atoms with Gasteiger partial charge < -0.3 is 20.5 Å². The SMILES string of the molecule is COc1cccc(Nc2ncc(C(=O)Nc3c(C)ccc(O)c3C)s2)n1. The van der Waals surface area contributed by atoms with E-state index in [9.17, 15) is 9.90 Å². The Morgan fingerprint density at radius 1 is 1.23 bits per heavy atom. The van der Waals surface area contributed by atoms with Crippen molar-refractivity contribution in [3.05, 3.63) is 52.5 Å². The molecular weight excluding hydrogens is 352 g/mol. The summed E-state index contributed by atoms with van der Waals surface area (Å²) in [7, 11) is 1.54. The van der Waals surface area contributed by atoms with Crippen molar-refractivity contribution in [2.45, 2.75) is 13.8 Å². The summed E-state index contributed by atoms with van der Waals surface area (Å²) in [5.41, 5.74) is 2.10. The molecule has 0 aliphatic heterocycles. The highest BCUT2D eigenvalue weighted by Crippen LogP contribution is 2.29. The summed E-state index contributed by atoms with van der Waals surface area (Å²) < 4.78 is 5.08. The van der Waals surface area contributed by atoms with E-state index in [-0.39, 0.29) is 11.7 Å². The van der Waals surface area contributed by atoms with E-state index < -0.39 is 0 Å². The molecule has 2 aromatic heterocycles. The number of amides is 1. The fourth-order valence-corrected chi connectivity index (χ4v) is 3.07. The first-order valence-corrected chi connectivity index (χ1v) is 8.64. The van der Waals surface area contributed by atoms with Gasteiger partial charge in [0.2, 0.25) is 5.88 Å². The number of aromatic hydroxyl groups is 1. The van der Waals surface area contributed by atoms with E-state index in [0.29, 0.717) is 33.0 Å². The monoisotopic (exact) mass is 370 g/mol. The third-order valence-corrected chi connectivity index (χ3v) is 4.69. The number of methoxy groups -OCH3 is 1. The lowest BCUT2D eigenvalue weighted by Crippen LogP contribution is -2.12. The number of nitrogens with zero attached hydrogens (tertiary/aromatic N) is 2. The number of carbonyl (C=O) groups excluding carboxylic acids is 1. The maximum absolute atomic E-state index is 12.5. The summed E-state index contributed by atoms with van der Waals surface area (Å²) >= 11 is 1.21. The van der Waals surface area contributed by atoms with Crippen LogP contribution in [-0.4, -0.2) is 28.1 Å². The van der Waals surface area contributed by atoms with Crippen LogP contribution in [0.3, 0.4) is 0 Å². The van der Waals surface area contributed by atoms with Crippen LogP contribution in [0.1, 0.15) is 20.8 Å². The minimum absolute atomic E-state index is 0.140. The van der Waals surface area contributed by atoms with Gasteiger partial charge in [-0.05, 0) is 31.5 Å². The Morgan fingerprint density at radius 2 is 2.04 bits per heavy atom. The molecule has 8 heteroatoms. The first-order valence-electron chi connectivity index (χ1n) is 7.82. The van der Waals surface area contributed by atoms with Crippen molar-refractivity contribution in [1.29, 1.82) is 0 Å². The van der Waals surface area contributed by atoms with Crippen molar-refractivity contribution in [2.75, 3.05) is 17.7 Å². The Morgan fingerprint density at radius 3 is 2.81 bits per heavy atom. The zero-order chi connectivity index (χ0) is 18.7. The van der Waals surface area contributed by atoms with Gasteiger partial charge in [-0.15, -0.1) is 0 Å². The number of aromatic nitrogens is 2. The quantitative estimate of drug-likeness (QED) is 0.631. The number of aryl methyl sites for hydroxylation is 1. The number of anilines is 3. The van der Waals surface area contributed by atoms with Gasteiger partial charge in [-0.2, -0.15) is 4.98 Å². The molecule has 0 bridgehead atoms. The number of pyridine rings is 1. The van der Waals surface area contributed by atoms with Crippen molar-refractivity contribution in [1.82, 2.24) is 9.97 Å². The smallest absolute Gasteiger partial charge is 0.267 e. The zero-order valence-corrected chi connectivity index (χ0v) is 15.3. The van der Waals surface area contributed by atoms with Crippen LogP contribution < -0.4 is 15.4 Å². The van der Waals surface area contributed by atoms with E-state index in [1.165, 1.54) is 17.5 Å². The van der Waals surface area contributed by atoms with Gasteiger partial charge in [0.05, 0.1) is 19.0 Å². The molecule has 1 amide bonds. The van der Waals surface area contributed by atoms with E-state index in [0.717, 1.165) is 5.56 Å². The third-order valence-electron chi connectivity index (χ3n) is 3.78. The Labute approximate surface area is 154 Å². The summed E-state index contributed by atoms with van der Waals surface area (Å²) in [5.74, 6) is 0.914. The van der Waals surface area contributed by atoms with E-state index in [1.807, 2.05) is 13.0 Å². The fraction of sp³-hybridized carbons (Fsp3) is 0.167. The van der Waals surface area contributed by atoms with Crippen molar-refractivity contribution in [2.24, 2.45) is 0 Å². The van der Waals surface area contributed by atoms with Gasteiger partial charge in [-0.1, -0.05) is 23.5 Å². The first kappa shape index (κ1) is 17.7. The summed E-state index contributed by atoms with van der Waals surface area (Å²) in [4.78, 5) is 21.4. The van der Waals surface area contributed by atoms with Gasteiger partial charge in [0, 0.05) is 11.6 Å². The Balaban J connectivity index is 1.75. The van der Waals surface area contributed by atoms with Crippen molar-refractivity contribution in [3.8, 4) is 11.6 Å². The number of carbonyl (C=O) groups is 1. The van der Waals surface area contributed by atoms with Crippen LogP contribution in [0.15, 0.2) is 36.5 Å². The van der Waals surface area contributed by atoms with Crippen LogP contribution >= 0.6 is 11.3 Å². The molecule has 0 saturated heterocycles. The first-order chi connectivity index (χ1) is 12.5. The van der Waals surface area contributed by atoms with Gasteiger partial charge in [0.25, 0.3) is 5.91 Å². The van der Waals surface area contributed by atoms with Crippen LogP contribution in [0.5, 0.6) is 11.6 Å². The molecule has 0 unspecified atom stereocenters. The van der Waals surface area contributed by atoms with Gasteiger partial charge in [-0.25, -0.2) is 4.98 Å². The number of benzene rings is 1. The van der Waals surface area contributed by atoms with Gasteiger partial charge in [0.1, 0.15) is 16.4 Å². The normalized spacial score (nSPS) is 10.4. The predicted molar refractivity (Wildman–Crippen MR) is 102 cm³/mol. The molecule has 3 rings (SSSR count). The number of ether oxygens (including phenoxy) is 1. The molecule has 0 atom stereocenters. The molecule has 3 aromatic rings. The number of thiazole rings is 1. The minimum Gasteiger partial charge on any atom is -0.508 e. The average Bonchev–Trinajstić information content (AvgIpc) is 3.10. The lowest BCUT2D eigenvalue weighted by atomic mass is 10.1. The second-order valence-corrected chi connectivity index (χ2v) is 6.61. The number of phenols is 1. The van der Waals surface area contributed by atoms with E-state index >= 15 is 0 Å². The van der Waals surface area contributed by atoms with Crippen LogP contribution in [0.4, 0.5) is 16.6 Å². The molecule has 1 aromatic carbocycles. The molecular formula is C18H18N4O3S. The average molecular weight is 370 g/mol. The topological polar surface area (TPSA) is 96.4 Å². The molecule has 7 nitrogen and oxygen atoms in total. The molecule has 0 spiro atoms. The van der Waals surface area contributed by atoms with Crippen LogP contribution in [0.2, 0.25) is 0 Å². The maximum Gasteiger partial charge on any atom is 0.267 e. The predicted octanol–water partition coefficient (Wildman–Crippen LogP) is 3.87. The number of phenolic OH excluding ortho intramolecular Hbond substituents is 1. The number of hydrogen-bond donors (Lipinski definition) is 3. The maximum atomic E-state index is 12.5. The minimum atomic E-state index is -0.286. The molecule has 0 fully saturated rings. The summed E-state index contributed by atoms with van der Waals surface area (Å²) in [6.07, 6.45) is 1.50. The molecule has 26 heavy (non-hydrogen) atoms. The highest BCUT2D eigenvalue weighted by Gasteiger charge is 2.15. The van der Waals surface area contributed by atoms with E-state index in [2.05, 4.69) is 20.6 Å². The van der Waals surface area contributed by atoms with Crippen molar-refractivity contribution >= 4 is 33.9 Å². The lowest BCUT2D eigenvalue weighted by Gasteiger charge is -2.11. The summed E-state index contributed by atoms with van der Waals surface area (Å²) in [5, 5.41) is 16.3. The zero-order valence-electron chi connectivity index (χ0n) is 14.5. The Hall–Kier alpha value is -3.13. The largest absolute Gasteiger partial charge is 0.508 e.